The maximum atomic E-state index is 11.6. The quantitative estimate of drug-likeness (QED) is 0.394. The van der Waals surface area contributed by atoms with Crippen LogP contribution < -0.4 is 0 Å². The number of carboxylic acid groups (broad SMARTS) is 1. The number of fused-ring (bicyclic) bond motifs is 1. The van der Waals surface area contributed by atoms with Gasteiger partial charge in [0.1, 0.15) is 6.54 Å². The highest BCUT2D eigenvalue weighted by Gasteiger charge is 2.46. The molecule has 0 aromatic heterocycles. The summed E-state index contributed by atoms with van der Waals surface area (Å²) in [5.41, 5.74) is 1.43. The van der Waals surface area contributed by atoms with E-state index in [1.165, 1.54) is 18.2 Å². The van der Waals surface area contributed by atoms with Gasteiger partial charge in [0.25, 0.3) is 20.2 Å². The van der Waals surface area contributed by atoms with E-state index in [1.54, 1.807) is 0 Å². The van der Waals surface area contributed by atoms with E-state index in [0.717, 1.165) is 5.71 Å². The van der Waals surface area contributed by atoms with Crippen LogP contribution in [-0.4, -0.2) is 59.6 Å². The molecule has 0 fully saturated rings. The van der Waals surface area contributed by atoms with E-state index < -0.39 is 37.4 Å². The molecule has 3 N–H and O–H groups in total. The van der Waals surface area contributed by atoms with Gasteiger partial charge in [-0.15, -0.1) is 0 Å². The van der Waals surface area contributed by atoms with E-state index in [1.807, 2.05) is 18.4 Å². The molecule has 0 spiro atoms. The summed E-state index contributed by atoms with van der Waals surface area (Å²) in [5, 5.41) is 8.92. The summed E-state index contributed by atoms with van der Waals surface area (Å²) >= 11 is 0. The van der Waals surface area contributed by atoms with Crippen LogP contribution in [0.15, 0.2) is 23.1 Å². The molecule has 1 aliphatic rings. The Labute approximate surface area is 164 Å². The molecule has 1 atom stereocenters. The summed E-state index contributed by atoms with van der Waals surface area (Å²) in [5.74, 6) is -1.35. The van der Waals surface area contributed by atoms with Crippen molar-refractivity contribution in [3.05, 3.63) is 23.8 Å². The number of aliphatic carboxylic acids is 1. The van der Waals surface area contributed by atoms with Crippen molar-refractivity contribution < 1.29 is 40.4 Å². The van der Waals surface area contributed by atoms with Crippen molar-refractivity contribution >= 4 is 37.6 Å². The standard InChI is InChI=1S/C17H23NO8S2/c1-12-17(2,8-3-5-16(19)20)14-11-13(28(24,25)26)6-7-15(14)18(12)9-4-10-27(21,22)23/h6-7,11H,3-5,8-10H2,1-2H3,(H2-,19,20,21,22,23,24,25,26)/p+1. The van der Waals surface area contributed by atoms with Gasteiger partial charge >= 0.3 is 5.97 Å². The normalized spacial score (nSPS) is 19.7. The Kier molecular flexibility index (Phi) is 6.34. The molecule has 2 rings (SSSR count). The number of carbonyl (C=O) groups is 1. The van der Waals surface area contributed by atoms with E-state index in [2.05, 4.69) is 0 Å². The fourth-order valence-electron chi connectivity index (χ4n) is 3.63. The van der Waals surface area contributed by atoms with E-state index in [9.17, 15) is 26.2 Å². The number of rotatable bonds is 9. The van der Waals surface area contributed by atoms with Crippen LogP contribution in [-0.2, 0) is 30.4 Å². The second kappa shape index (κ2) is 7.90. The highest BCUT2D eigenvalue weighted by molar-refractivity contribution is 7.86. The first kappa shape index (κ1) is 22.5. The fraction of sp³-hybridized carbons (Fsp3) is 0.529. The van der Waals surface area contributed by atoms with Crippen LogP contribution in [0.25, 0.3) is 0 Å². The van der Waals surface area contributed by atoms with Crippen LogP contribution in [0.4, 0.5) is 5.69 Å². The van der Waals surface area contributed by atoms with E-state index >= 15 is 0 Å². The summed E-state index contributed by atoms with van der Waals surface area (Å²) in [6, 6.07) is 4.18. The molecule has 156 valence electrons. The molecule has 1 aromatic carbocycles. The molecule has 11 heteroatoms. The summed E-state index contributed by atoms with van der Waals surface area (Å²) < 4.78 is 65.3. The van der Waals surface area contributed by atoms with Gasteiger partial charge in [-0.1, -0.05) is 0 Å². The highest BCUT2D eigenvalue weighted by Crippen LogP contribution is 2.44. The maximum absolute atomic E-state index is 11.6. The van der Waals surface area contributed by atoms with Crippen molar-refractivity contribution in [3.8, 4) is 0 Å². The zero-order valence-electron chi connectivity index (χ0n) is 15.6. The summed E-state index contributed by atoms with van der Waals surface area (Å²) in [6.45, 7) is 3.96. The Hall–Kier alpha value is -1.82. The highest BCUT2D eigenvalue weighted by atomic mass is 32.2. The van der Waals surface area contributed by atoms with Crippen LogP contribution in [0, 0.1) is 0 Å². The topological polar surface area (TPSA) is 149 Å². The lowest BCUT2D eigenvalue weighted by atomic mass is 9.76. The zero-order chi connectivity index (χ0) is 21.3. The van der Waals surface area contributed by atoms with Crippen molar-refractivity contribution in [1.29, 1.82) is 0 Å². The molecular weight excluding hydrogens is 410 g/mol. The summed E-state index contributed by atoms with van der Waals surface area (Å²) in [4.78, 5) is 10.6. The van der Waals surface area contributed by atoms with Crippen LogP contribution in [0.3, 0.4) is 0 Å². The molecule has 0 saturated heterocycles. The maximum Gasteiger partial charge on any atom is 0.303 e. The molecule has 9 nitrogen and oxygen atoms in total. The van der Waals surface area contributed by atoms with Gasteiger partial charge in [0, 0.05) is 31.4 Å². The zero-order valence-corrected chi connectivity index (χ0v) is 17.3. The molecular formula is C17H24NO8S2+. The van der Waals surface area contributed by atoms with Crippen molar-refractivity contribution in [2.75, 3.05) is 12.3 Å². The molecule has 0 amide bonds. The smallest absolute Gasteiger partial charge is 0.303 e. The Bertz CT molecular complexity index is 1030. The lowest BCUT2D eigenvalue weighted by Gasteiger charge is -2.22. The Morgan fingerprint density at radius 3 is 2.32 bits per heavy atom. The van der Waals surface area contributed by atoms with Crippen molar-refractivity contribution in [2.24, 2.45) is 0 Å². The van der Waals surface area contributed by atoms with Gasteiger partial charge < -0.3 is 5.11 Å². The summed E-state index contributed by atoms with van der Waals surface area (Å²) in [7, 11) is -8.52. The third kappa shape index (κ3) is 4.96. The predicted molar refractivity (Wildman–Crippen MR) is 102 cm³/mol. The Morgan fingerprint density at radius 2 is 1.79 bits per heavy atom. The molecule has 1 aromatic rings. The molecule has 1 aliphatic heterocycles. The lowest BCUT2D eigenvalue weighted by molar-refractivity contribution is -0.438. The fourth-order valence-corrected chi connectivity index (χ4v) is 4.63. The second-order valence-corrected chi connectivity index (χ2v) is 10.1. The number of hydrogen-bond donors (Lipinski definition) is 3. The molecule has 1 unspecified atom stereocenters. The van der Waals surface area contributed by atoms with Gasteiger partial charge in [-0.3, -0.25) is 13.9 Å². The predicted octanol–water partition coefficient (Wildman–Crippen LogP) is 1.84. The molecule has 0 saturated carbocycles. The van der Waals surface area contributed by atoms with Crippen LogP contribution in [0.5, 0.6) is 0 Å². The van der Waals surface area contributed by atoms with Gasteiger partial charge in [-0.2, -0.15) is 21.4 Å². The third-order valence-electron chi connectivity index (χ3n) is 5.21. The first-order chi connectivity index (χ1) is 12.8. The van der Waals surface area contributed by atoms with Crippen molar-refractivity contribution in [1.82, 2.24) is 0 Å². The van der Waals surface area contributed by atoms with Gasteiger partial charge in [0.05, 0.1) is 16.1 Å². The average Bonchev–Trinajstić information content (AvgIpc) is 2.74. The van der Waals surface area contributed by atoms with E-state index in [4.69, 9.17) is 9.66 Å². The van der Waals surface area contributed by atoms with Crippen LogP contribution in [0.2, 0.25) is 0 Å². The van der Waals surface area contributed by atoms with Gasteiger partial charge in [0.15, 0.2) is 5.71 Å². The minimum Gasteiger partial charge on any atom is -0.481 e. The second-order valence-electron chi connectivity index (χ2n) is 7.11. The minimum absolute atomic E-state index is 0.0427. The first-order valence-corrected chi connectivity index (χ1v) is 11.7. The molecule has 0 bridgehead atoms. The third-order valence-corrected chi connectivity index (χ3v) is 6.86. The van der Waals surface area contributed by atoms with Crippen molar-refractivity contribution in [3.63, 3.8) is 0 Å². The largest absolute Gasteiger partial charge is 0.481 e. The minimum atomic E-state index is -4.41. The molecule has 28 heavy (non-hydrogen) atoms. The molecule has 1 heterocycles. The Morgan fingerprint density at radius 1 is 1.14 bits per heavy atom. The summed E-state index contributed by atoms with van der Waals surface area (Å²) in [6.07, 6.45) is 0.902. The molecule has 0 aliphatic carbocycles. The number of hydrogen-bond acceptors (Lipinski definition) is 5. The monoisotopic (exact) mass is 434 g/mol. The average molecular weight is 435 g/mol. The first-order valence-electron chi connectivity index (χ1n) is 8.66. The lowest BCUT2D eigenvalue weighted by Crippen LogP contribution is -2.31. The molecule has 0 radical (unpaired) electrons. The SMILES string of the molecule is CC1=[N+](CCCS(=O)(=O)O)c2ccc(S(=O)(=O)O)cc2C1(C)CCCC(=O)O. The number of nitrogens with zero attached hydrogens (tertiary/aromatic N) is 1. The Balaban J connectivity index is 2.46. The van der Waals surface area contributed by atoms with Crippen molar-refractivity contribution in [2.45, 2.75) is 49.8 Å². The number of carboxylic acids is 1. The van der Waals surface area contributed by atoms with Gasteiger partial charge in [-0.05, 0) is 31.9 Å². The number of benzene rings is 1. The van der Waals surface area contributed by atoms with Gasteiger partial charge in [-0.25, -0.2) is 0 Å². The van der Waals surface area contributed by atoms with Crippen LogP contribution >= 0.6 is 0 Å². The van der Waals surface area contributed by atoms with Crippen LogP contribution in [0.1, 0.15) is 45.1 Å². The van der Waals surface area contributed by atoms with Gasteiger partial charge in [0.2, 0.25) is 5.69 Å². The van der Waals surface area contributed by atoms with E-state index in [-0.39, 0.29) is 24.3 Å². The van der Waals surface area contributed by atoms with E-state index in [0.29, 0.717) is 24.1 Å².